The van der Waals surface area contributed by atoms with Crippen LogP contribution in [-0.2, 0) is 0 Å². The maximum atomic E-state index is 13.8. The molecule has 0 saturated heterocycles. The van der Waals surface area contributed by atoms with Gasteiger partial charge in [-0.05, 0) is 77.4 Å². The molecule has 2 rings (SSSR count). The Labute approximate surface area is 144 Å². The van der Waals surface area contributed by atoms with Gasteiger partial charge >= 0.3 is 0 Å². The number of hydrogen-bond acceptors (Lipinski definition) is 1. The zero-order valence-electron chi connectivity index (χ0n) is 12.3. The van der Waals surface area contributed by atoms with Gasteiger partial charge in [-0.3, -0.25) is 0 Å². The van der Waals surface area contributed by atoms with Crippen molar-refractivity contribution in [2.75, 3.05) is 6.54 Å². The summed E-state index contributed by atoms with van der Waals surface area (Å²) in [7, 11) is 0. The molecule has 0 amide bonds. The molecule has 0 fully saturated rings. The molecule has 1 nitrogen and oxygen atoms in total. The molecule has 0 aromatic heterocycles. The molecule has 1 N–H and O–H groups in total. The van der Waals surface area contributed by atoms with Gasteiger partial charge in [-0.25, -0.2) is 4.39 Å². The van der Waals surface area contributed by atoms with E-state index in [9.17, 15) is 4.39 Å². The molecule has 21 heavy (non-hydrogen) atoms. The smallest absolute Gasteiger partial charge is 0.129 e. The largest absolute Gasteiger partial charge is 0.307 e. The Hall–Kier alpha value is -0.650. The van der Waals surface area contributed by atoms with Gasteiger partial charge in [0.25, 0.3) is 0 Å². The fourth-order valence-electron chi connectivity index (χ4n) is 2.47. The van der Waals surface area contributed by atoms with Gasteiger partial charge in [-0.1, -0.05) is 36.7 Å². The fraction of sp³-hybridized carbons (Fsp3) is 0.294. The number of aryl methyl sites for hydroxylation is 2. The molecule has 2 aromatic rings. The van der Waals surface area contributed by atoms with Crippen LogP contribution < -0.4 is 5.32 Å². The third kappa shape index (κ3) is 3.76. The summed E-state index contributed by atoms with van der Waals surface area (Å²) >= 11 is 8.45. The van der Waals surface area contributed by atoms with Crippen LogP contribution >= 0.6 is 34.2 Å². The van der Waals surface area contributed by atoms with Gasteiger partial charge in [0.15, 0.2) is 0 Å². The maximum absolute atomic E-state index is 13.8. The standard InChI is InChI=1S/C17H18ClFIN/c1-4-21-17(12-5-6-15(20)14(18)9-12)13-7-10(2)16(19)11(3)8-13/h5-9,17,21H,4H2,1-3H3. The SMILES string of the molecule is CCNC(c1cc(C)c(F)c(C)c1)c1ccc(I)c(Cl)c1. The summed E-state index contributed by atoms with van der Waals surface area (Å²) in [6, 6.07) is 9.87. The van der Waals surface area contributed by atoms with Crippen molar-refractivity contribution in [3.05, 3.63) is 67.0 Å². The first-order chi connectivity index (χ1) is 9.93. The summed E-state index contributed by atoms with van der Waals surface area (Å²) in [5.74, 6) is -0.130. The first-order valence-electron chi connectivity index (χ1n) is 6.89. The van der Waals surface area contributed by atoms with Crippen LogP contribution in [0.2, 0.25) is 5.02 Å². The van der Waals surface area contributed by atoms with Crippen molar-refractivity contribution >= 4 is 34.2 Å². The number of benzene rings is 2. The van der Waals surface area contributed by atoms with Crippen LogP contribution in [0.15, 0.2) is 30.3 Å². The Balaban J connectivity index is 2.50. The Morgan fingerprint density at radius 3 is 2.29 bits per heavy atom. The van der Waals surface area contributed by atoms with Gasteiger partial charge in [0.1, 0.15) is 5.82 Å². The van der Waals surface area contributed by atoms with Crippen LogP contribution in [0.1, 0.15) is 35.2 Å². The van der Waals surface area contributed by atoms with E-state index in [1.165, 1.54) is 0 Å². The quantitative estimate of drug-likeness (QED) is 0.657. The monoisotopic (exact) mass is 417 g/mol. The van der Waals surface area contributed by atoms with Gasteiger partial charge in [-0.2, -0.15) is 0 Å². The van der Waals surface area contributed by atoms with Gasteiger partial charge in [-0.15, -0.1) is 0 Å². The van der Waals surface area contributed by atoms with Crippen molar-refractivity contribution < 1.29 is 4.39 Å². The molecule has 1 atom stereocenters. The molecular formula is C17H18ClFIN. The summed E-state index contributed by atoms with van der Waals surface area (Å²) in [5, 5.41) is 4.19. The summed E-state index contributed by atoms with van der Waals surface area (Å²) in [5.41, 5.74) is 3.49. The molecule has 0 heterocycles. The normalized spacial score (nSPS) is 12.5. The fourth-order valence-corrected chi connectivity index (χ4v) is 2.99. The molecule has 0 spiro atoms. The van der Waals surface area contributed by atoms with E-state index in [4.69, 9.17) is 11.6 Å². The minimum absolute atomic E-state index is 0.0162. The average molecular weight is 418 g/mol. The predicted octanol–water partition coefficient (Wildman–Crippen LogP) is 5.40. The number of rotatable bonds is 4. The third-order valence-corrected chi connectivity index (χ3v) is 5.05. The van der Waals surface area contributed by atoms with E-state index in [-0.39, 0.29) is 11.9 Å². The zero-order valence-corrected chi connectivity index (χ0v) is 15.2. The number of halogens is 3. The highest BCUT2D eigenvalue weighted by Gasteiger charge is 2.16. The molecule has 112 valence electrons. The number of nitrogens with one attached hydrogen (secondary N) is 1. The molecule has 0 aliphatic heterocycles. The van der Waals surface area contributed by atoms with Crippen molar-refractivity contribution in [2.24, 2.45) is 0 Å². The predicted molar refractivity (Wildman–Crippen MR) is 95.6 cm³/mol. The lowest BCUT2D eigenvalue weighted by atomic mass is 9.95. The lowest BCUT2D eigenvalue weighted by Gasteiger charge is -2.21. The van der Waals surface area contributed by atoms with Gasteiger partial charge in [0.2, 0.25) is 0 Å². The van der Waals surface area contributed by atoms with Gasteiger partial charge in [0, 0.05) is 3.57 Å². The van der Waals surface area contributed by atoms with Crippen molar-refractivity contribution in [2.45, 2.75) is 26.8 Å². The summed E-state index contributed by atoms with van der Waals surface area (Å²) in [4.78, 5) is 0. The van der Waals surface area contributed by atoms with Crippen LogP contribution in [0.5, 0.6) is 0 Å². The summed E-state index contributed by atoms with van der Waals surface area (Å²) in [6.07, 6.45) is 0. The average Bonchev–Trinajstić information content (AvgIpc) is 2.45. The van der Waals surface area contributed by atoms with E-state index in [0.29, 0.717) is 11.1 Å². The van der Waals surface area contributed by atoms with Gasteiger partial charge in [0.05, 0.1) is 11.1 Å². The van der Waals surface area contributed by atoms with E-state index in [1.54, 1.807) is 13.8 Å². The van der Waals surface area contributed by atoms with Gasteiger partial charge < -0.3 is 5.32 Å². The first-order valence-corrected chi connectivity index (χ1v) is 8.34. The highest BCUT2D eigenvalue weighted by Crippen LogP contribution is 2.29. The Kier molecular flexibility index (Phi) is 5.63. The summed E-state index contributed by atoms with van der Waals surface area (Å²) in [6.45, 7) is 6.49. The van der Waals surface area contributed by atoms with Crippen LogP contribution in [0.3, 0.4) is 0 Å². The molecule has 4 heteroatoms. The van der Waals surface area contributed by atoms with Crippen LogP contribution in [0.25, 0.3) is 0 Å². The number of hydrogen-bond donors (Lipinski definition) is 1. The topological polar surface area (TPSA) is 12.0 Å². The highest BCUT2D eigenvalue weighted by atomic mass is 127. The molecule has 1 unspecified atom stereocenters. The third-order valence-electron chi connectivity index (χ3n) is 3.48. The second-order valence-electron chi connectivity index (χ2n) is 5.13. The summed E-state index contributed by atoms with van der Waals surface area (Å²) < 4.78 is 14.9. The molecule has 0 aliphatic carbocycles. The van der Waals surface area contributed by atoms with E-state index in [2.05, 4.69) is 40.9 Å². The van der Waals surface area contributed by atoms with E-state index in [0.717, 1.165) is 26.3 Å². The van der Waals surface area contributed by atoms with Crippen LogP contribution in [0, 0.1) is 23.2 Å². The Bertz CT molecular complexity index is 634. The molecule has 0 saturated carbocycles. The van der Waals surface area contributed by atoms with E-state index < -0.39 is 0 Å². The maximum Gasteiger partial charge on any atom is 0.129 e. The van der Waals surface area contributed by atoms with Crippen molar-refractivity contribution in [1.29, 1.82) is 0 Å². The highest BCUT2D eigenvalue weighted by molar-refractivity contribution is 14.1. The van der Waals surface area contributed by atoms with Crippen LogP contribution in [-0.4, -0.2) is 6.54 Å². The first kappa shape index (κ1) is 16.7. The second kappa shape index (κ2) is 7.07. The van der Waals surface area contributed by atoms with Crippen molar-refractivity contribution in [3.8, 4) is 0 Å². The molecule has 0 aliphatic rings. The second-order valence-corrected chi connectivity index (χ2v) is 6.70. The molecule has 0 radical (unpaired) electrons. The minimum atomic E-state index is -0.130. The lowest BCUT2D eigenvalue weighted by Crippen LogP contribution is -2.22. The molecular weight excluding hydrogens is 400 g/mol. The van der Waals surface area contributed by atoms with E-state index in [1.807, 2.05) is 24.3 Å². The van der Waals surface area contributed by atoms with Crippen molar-refractivity contribution in [3.63, 3.8) is 0 Å². The Morgan fingerprint density at radius 2 is 1.76 bits per heavy atom. The molecule has 2 aromatic carbocycles. The van der Waals surface area contributed by atoms with Crippen LogP contribution in [0.4, 0.5) is 4.39 Å². The van der Waals surface area contributed by atoms with Crippen molar-refractivity contribution in [1.82, 2.24) is 5.32 Å². The zero-order chi connectivity index (χ0) is 15.6. The Morgan fingerprint density at radius 1 is 1.14 bits per heavy atom. The minimum Gasteiger partial charge on any atom is -0.307 e. The van der Waals surface area contributed by atoms with E-state index >= 15 is 0 Å². The molecule has 0 bridgehead atoms. The lowest BCUT2D eigenvalue weighted by molar-refractivity contribution is 0.598.